The van der Waals surface area contributed by atoms with Gasteiger partial charge in [0.25, 0.3) is 0 Å². The molecule has 1 aromatic carbocycles. The third-order valence-corrected chi connectivity index (χ3v) is 2.73. The van der Waals surface area contributed by atoms with E-state index < -0.39 is 0 Å². The molecule has 2 aromatic rings. The lowest BCUT2D eigenvalue weighted by Crippen LogP contribution is -2.23. The average molecular weight is 256 g/mol. The molecular weight excluding hydrogens is 240 g/mol. The van der Waals surface area contributed by atoms with E-state index in [1.165, 1.54) is 0 Å². The second-order valence-electron chi connectivity index (χ2n) is 4.33. The summed E-state index contributed by atoms with van der Waals surface area (Å²) in [5.74, 6) is -0.0574. The van der Waals surface area contributed by atoms with E-state index in [1.54, 1.807) is 48.8 Å². The molecule has 4 nitrogen and oxygen atoms in total. The molecule has 0 saturated carbocycles. The van der Waals surface area contributed by atoms with E-state index in [9.17, 15) is 4.79 Å². The summed E-state index contributed by atoms with van der Waals surface area (Å²) in [5.41, 5.74) is 8.22. The highest BCUT2D eigenvalue weighted by molar-refractivity contribution is 5.91. The maximum atomic E-state index is 11.9. The Labute approximate surface area is 112 Å². The quantitative estimate of drug-likeness (QED) is 0.675. The van der Waals surface area contributed by atoms with E-state index >= 15 is 0 Å². The zero-order chi connectivity index (χ0) is 13.7. The number of nitrogens with two attached hydrogens (primary N) is 1. The van der Waals surface area contributed by atoms with E-state index in [1.807, 2.05) is 18.2 Å². The lowest BCUT2D eigenvalue weighted by atomic mass is 10.2. The van der Waals surface area contributed by atoms with Gasteiger partial charge >= 0.3 is 0 Å². The van der Waals surface area contributed by atoms with Crippen molar-refractivity contribution in [2.24, 2.45) is 0 Å². The zero-order valence-electron chi connectivity index (χ0n) is 10.7. The van der Waals surface area contributed by atoms with Gasteiger partial charge in [0.15, 0.2) is 0 Å². The third-order valence-electron chi connectivity index (χ3n) is 2.73. The number of furan rings is 1. The Hall–Kier alpha value is -2.49. The number of hydrogen-bond donors (Lipinski definition) is 1. The summed E-state index contributed by atoms with van der Waals surface area (Å²) < 4.78 is 4.97. The second kappa shape index (κ2) is 5.91. The van der Waals surface area contributed by atoms with Gasteiger partial charge in [0.2, 0.25) is 5.91 Å². The van der Waals surface area contributed by atoms with Crippen LogP contribution in [-0.4, -0.2) is 17.9 Å². The van der Waals surface area contributed by atoms with Crippen molar-refractivity contribution in [2.45, 2.75) is 6.54 Å². The number of rotatable bonds is 4. The van der Waals surface area contributed by atoms with Crippen molar-refractivity contribution in [2.75, 3.05) is 12.8 Å². The van der Waals surface area contributed by atoms with Crippen LogP contribution in [-0.2, 0) is 11.3 Å². The number of amides is 1. The topological polar surface area (TPSA) is 59.5 Å². The molecule has 0 aliphatic rings. The number of nitrogens with zero attached hydrogens (tertiary/aromatic N) is 1. The van der Waals surface area contributed by atoms with E-state index in [2.05, 4.69) is 0 Å². The Morgan fingerprint density at radius 1 is 1.32 bits per heavy atom. The van der Waals surface area contributed by atoms with Crippen LogP contribution in [0, 0.1) is 0 Å². The first kappa shape index (κ1) is 13.0. The van der Waals surface area contributed by atoms with Gasteiger partial charge in [-0.15, -0.1) is 0 Å². The van der Waals surface area contributed by atoms with E-state index in [0.29, 0.717) is 12.2 Å². The summed E-state index contributed by atoms with van der Waals surface area (Å²) in [7, 11) is 1.75. The van der Waals surface area contributed by atoms with Gasteiger partial charge < -0.3 is 15.1 Å². The van der Waals surface area contributed by atoms with Gasteiger partial charge in [0.05, 0.1) is 12.5 Å². The summed E-state index contributed by atoms with van der Waals surface area (Å²) in [5, 5.41) is 0. The maximum Gasteiger partial charge on any atom is 0.246 e. The molecule has 0 spiro atoms. The fourth-order valence-electron chi connectivity index (χ4n) is 1.64. The molecule has 1 amide bonds. The summed E-state index contributed by atoms with van der Waals surface area (Å²) in [6, 6.07) is 9.19. The predicted octanol–water partition coefficient (Wildman–Crippen LogP) is 2.53. The van der Waals surface area contributed by atoms with Crippen LogP contribution < -0.4 is 5.73 Å². The van der Waals surface area contributed by atoms with Crippen LogP contribution in [0.1, 0.15) is 11.1 Å². The number of benzene rings is 1. The van der Waals surface area contributed by atoms with Gasteiger partial charge in [-0.25, -0.2) is 0 Å². The smallest absolute Gasteiger partial charge is 0.246 e. The lowest BCUT2D eigenvalue weighted by molar-refractivity contribution is -0.125. The van der Waals surface area contributed by atoms with Gasteiger partial charge in [0.1, 0.15) is 0 Å². The van der Waals surface area contributed by atoms with E-state index in [0.717, 1.165) is 11.1 Å². The second-order valence-corrected chi connectivity index (χ2v) is 4.33. The SMILES string of the molecule is CN(Cc1ccoc1)C(=O)/C=C/c1ccc(N)cc1. The summed E-state index contributed by atoms with van der Waals surface area (Å²) in [4.78, 5) is 13.5. The van der Waals surface area contributed by atoms with Crippen LogP contribution in [0.5, 0.6) is 0 Å². The van der Waals surface area contributed by atoms with Crippen molar-refractivity contribution >= 4 is 17.7 Å². The molecule has 2 N–H and O–H groups in total. The molecule has 0 bridgehead atoms. The third kappa shape index (κ3) is 3.74. The Balaban J connectivity index is 1.94. The molecule has 0 atom stereocenters. The first-order valence-electron chi connectivity index (χ1n) is 5.95. The number of carbonyl (C=O) groups is 1. The van der Waals surface area contributed by atoms with Gasteiger partial charge in [-0.05, 0) is 29.8 Å². The van der Waals surface area contributed by atoms with E-state index in [4.69, 9.17) is 10.2 Å². The van der Waals surface area contributed by atoms with Crippen molar-refractivity contribution in [3.05, 3.63) is 60.1 Å². The average Bonchev–Trinajstić information content (AvgIpc) is 2.90. The molecule has 19 heavy (non-hydrogen) atoms. The predicted molar refractivity (Wildman–Crippen MR) is 75.1 cm³/mol. The molecule has 2 rings (SSSR count). The molecule has 0 aliphatic carbocycles. The van der Waals surface area contributed by atoms with Crippen molar-refractivity contribution < 1.29 is 9.21 Å². The van der Waals surface area contributed by atoms with Crippen LogP contribution in [0.3, 0.4) is 0 Å². The van der Waals surface area contributed by atoms with Crippen LogP contribution in [0.2, 0.25) is 0 Å². The Kier molecular flexibility index (Phi) is 4.03. The number of hydrogen-bond acceptors (Lipinski definition) is 3. The van der Waals surface area contributed by atoms with Gasteiger partial charge in [0, 0.05) is 30.9 Å². The van der Waals surface area contributed by atoms with Crippen molar-refractivity contribution in [1.82, 2.24) is 4.90 Å². The highest BCUT2D eigenvalue weighted by Gasteiger charge is 2.06. The minimum Gasteiger partial charge on any atom is -0.472 e. The fraction of sp³-hybridized carbons (Fsp3) is 0.133. The van der Waals surface area contributed by atoms with Crippen LogP contribution >= 0.6 is 0 Å². The molecule has 1 aromatic heterocycles. The molecule has 0 unspecified atom stereocenters. The molecule has 1 heterocycles. The minimum atomic E-state index is -0.0574. The van der Waals surface area contributed by atoms with Gasteiger partial charge in [-0.2, -0.15) is 0 Å². The van der Waals surface area contributed by atoms with Crippen LogP contribution in [0.15, 0.2) is 53.4 Å². The molecular formula is C15H16N2O2. The van der Waals surface area contributed by atoms with Crippen LogP contribution in [0.4, 0.5) is 5.69 Å². The largest absolute Gasteiger partial charge is 0.472 e. The monoisotopic (exact) mass is 256 g/mol. The van der Waals surface area contributed by atoms with Gasteiger partial charge in [-0.3, -0.25) is 4.79 Å². The highest BCUT2D eigenvalue weighted by Crippen LogP contribution is 2.08. The highest BCUT2D eigenvalue weighted by atomic mass is 16.3. The number of carbonyl (C=O) groups excluding carboxylic acids is 1. The minimum absolute atomic E-state index is 0.0574. The first-order chi connectivity index (χ1) is 9.15. The molecule has 0 fully saturated rings. The van der Waals surface area contributed by atoms with Crippen LogP contribution in [0.25, 0.3) is 6.08 Å². The molecule has 0 aliphatic heterocycles. The fourth-order valence-corrected chi connectivity index (χ4v) is 1.64. The summed E-state index contributed by atoms with van der Waals surface area (Å²) in [6.07, 6.45) is 6.55. The molecule has 4 heteroatoms. The Bertz CT molecular complexity index is 556. The number of nitrogen functional groups attached to an aromatic ring is 1. The normalized spacial score (nSPS) is 10.8. The standard InChI is InChI=1S/C15H16N2O2/c1-17(10-13-8-9-19-11-13)15(18)7-4-12-2-5-14(16)6-3-12/h2-9,11H,10,16H2,1H3/b7-4+. The van der Waals surface area contributed by atoms with Gasteiger partial charge in [-0.1, -0.05) is 12.1 Å². The number of likely N-dealkylation sites (N-methyl/N-ethyl adjacent to an activating group) is 1. The van der Waals surface area contributed by atoms with E-state index in [-0.39, 0.29) is 5.91 Å². The molecule has 0 radical (unpaired) electrons. The number of anilines is 1. The van der Waals surface area contributed by atoms with Crippen molar-refractivity contribution in [1.29, 1.82) is 0 Å². The Morgan fingerprint density at radius 2 is 2.05 bits per heavy atom. The maximum absolute atomic E-state index is 11.9. The lowest BCUT2D eigenvalue weighted by Gasteiger charge is -2.13. The van der Waals surface area contributed by atoms with Crippen molar-refractivity contribution in [3.8, 4) is 0 Å². The summed E-state index contributed by atoms with van der Waals surface area (Å²) >= 11 is 0. The zero-order valence-corrected chi connectivity index (χ0v) is 10.7. The first-order valence-corrected chi connectivity index (χ1v) is 5.95. The molecule has 98 valence electrons. The molecule has 0 saturated heterocycles. The summed E-state index contributed by atoms with van der Waals surface area (Å²) in [6.45, 7) is 0.529. The van der Waals surface area contributed by atoms with Crippen molar-refractivity contribution in [3.63, 3.8) is 0 Å². The Morgan fingerprint density at radius 3 is 2.68 bits per heavy atom.